The number of guanidine groups is 1. The van der Waals surface area contributed by atoms with E-state index in [1.165, 1.54) is 25.7 Å². The van der Waals surface area contributed by atoms with E-state index >= 15 is 0 Å². The highest BCUT2D eigenvalue weighted by atomic mass is 16.4. The van der Waals surface area contributed by atoms with Gasteiger partial charge in [-0.15, -0.1) is 0 Å². The van der Waals surface area contributed by atoms with Crippen molar-refractivity contribution in [2.45, 2.75) is 52.6 Å². The zero-order valence-electron chi connectivity index (χ0n) is 14.6. The second-order valence-electron chi connectivity index (χ2n) is 7.06. The Balaban J connectivity index is 1.89. The molecule has 5 heteroatoms. The van der Waals surface area contributed by atoms with Crippen LogP contribution >= 0.6 is 0 Å². The largest absolute Gasteiger partial charge is 0.467 e. The monoisotopic (exact) mass is 321 g/mol. The predicted molar refractivity (Wildman–Crippen MR) is 93.4 cm³/mol. The maximum Gasteiger partial charge on any atom is 0.191 e. The third kappa shape index (κ3) is 5.27. The summed E-state index contributed by atoms with van der Waals surface area (Å²) in [5, 5.41) is 16.6. The molecule has 130 valence electrons. The zero-order chi connectivity index (χ0) is 16.7. The number of hydrogen-bond acceptors (Lipinski definition) is 3. The van der Waals surface area contributed by atoms with Crippen molar-refractivity contribution in [1.82, 2.24) is 10.6 Å². The first-order chi connectivity index (χ1) is 11.0. The second-order valence-corrected chi connectivity index (χ2v) is 7.06. The minimum absolute atomic E-state index is 0.385. The third-order valence-corrected chi connectivity index (χ3v) is 4.51. The van der Waals surface area contributed by atoms with Gasteiger partial charge in [0, 0.05) is 13.1 Å². The summed E-state index contributed by atoms with van der Waals surface area (Å²) < 4.78 is 5.22. The smallest absolute Gasteiger partial charge is 0.191 e. The highest BCUT2D eigenvalue weighted by Gasteiger charge is 2.37. The quantitative estimate of drug-likeness (QED) is 0.508. The molecule has 0 bridgehead atoms. The van der Waals surface area contributed by atoms with Gasteiger partial charge in [-0.05, 0) is 49.7 Å². The molecule has 1 heterocycles. The molecular formula is C18H31N3O2. The van der Waals surface area contributed by atoms with Crippen LogP contribution < -0.4 is 10.6 Å². The van der Waals surface area contributed by atoms with E-state index in [2.05, 4.69) is 24.5 Å². The molecule has 0 aliphatic heterocycles. The average Bonchev–Trinajstić information content (AvgIpc) is 3.00. The van der Waals surface area contributed by atoms with E-state index in [1.807, 2.05) is 6.92 Å². The number of hydrogen-bond donors (Lipinski definition) is 3. The zero-order valence-corrected chi connectivity index (χ0v) is 14.6. The van der Waals surface area contributed by atoms with E-state index in [0.717, 1.165) is 19.0 Å². The van der Waals surface area contributed by atoms with Gasteiger partial charge in [0.05, 0.1) is 12.8 Å². The van der Waals surface area contributed by atoms with Crippen LogP contribution in [0.5, 0.6) is 0 Å². The number of nitrogens with zero attached hydrogens (tertiary/aromatic N) is 1. The Bertz CT molecular complexity index is 478. The molecule has 0 saturated heterocycles. The van der Waals surface area contributed by atoms with Crippen LogP contribution in [0.15, 0.2) is 27.8 Å². The number of aliphatic imine (C=N–C) groups is 1. The molecule has 2 rings (SSSR count). The summed E-state index contributed by atoms with van der Waals surface area (Å²) in [5.74, 6) is 2.05. The van der Waals surface area contributed by atoms with E-state index in [4.69, 9.17) is 9.41 Å². The first-order valence-electron chi connectivity index (χ1n) is 8.78. The van der Waals surface area contributed by atoms with E-state index in [9.17, 15) is 5.11 Å². The van der Waals surface area contributed by atoms with Gasteiger partial charge in [0.15, 0.2) is 5.96 Å². The normalized spacial score (nSPS) is 18.6. The van der Waals surface area contributed by atoms with Crippen molar-refractivity contribution in [1.29, 1.82) is 0 Å². The van der Waals surface area contributed by atoms with Crippen LogP contribution in [0.4, 0.5) is 0 Å². The van der Waals surface area contributed by atoms with Gasteiger partial charge in [-0.1, -0.05) is 20.3 Å². The molecule has 0 spiro atoms. The Labute approximate surface area is 139 Å². The molecule has 1 fully saturated rings. The fourth-order valence-electron chi connectivity index (χ4n) is 3.33. The third-order valence-electron chi connectivity index (χ3n) is 4.51. The first-order valence-corrected chi connectivity index (χ1v) is 8.78. The van der Waals surface area contributed by atoms with Crippen molar-refractivity contribution in [3.63, 3.8) is 0 Å². The molecule has 0 amide bonds. The van der Waals surface area contributed by atoms with Crippen LogP contribution in [0.3, 0.4) is 0 Å². The van der Waals surface area contributed by atoms with Crippen molar-refractivity contribution in [2.75, 3.05) is 19.6 Å². The first kappa shape index (κ1) is 17.9. The average molecular weight is 321 g/mol. The molecule has 3 N–H and O–H groups in total. The molecular weight excluding hydrogens is 290 g/mol. The molecule has 1 aromatic heterocycles. The van der Waals surface area contributed by atoms with Gasteiger partial charge in [0.2, 0.25) is 0 Å². The Morgan fingerprint density at radius 1 is 1.39 bits per heavy atom. The highest BCUT2D eigenvalue weighted by molar-refractivity contribution is 5.79. The lowest BCUT2D eigenvalue weighted by Gasteiger charge is -2.42. The van der Waals surface area contributed by atoms with Crippen molar-refractivity contribution < 1.29 is 9.52 Å². The minimum atomic E-state index is -0.665. The Kier molecular flexibility index (Phi) is 6.51. The van der Waals surface area contributed by atoms with Gasteiger partial charge in [-0.25, -0.2) is 0 Å². The lowest BCUT2D eigenvalue weighted by molar-refractivity contribution is 0.111. The summed E-state index contributed by atoms with van der Waals surface area (Å²) in [4.78, 5) is 4.77. The molecule has 0 radical (unpaired) electrons. The summed E-state index contributed by atoms with van der Waals surface area (Å²) in [6.45, 7) is 8.67. The van der Waals surface area contributed by atoms with Gasteiger partial charge in [-0.3, -0.25) is 4.99 Å². The molecule has 1 aliphatic rings. The molecule has 0 aromatic carbocycles. The maximum absolute atomic E-state index is 10.1. The number of aliphatic hydroxyl groups excluding tert-OH is 1. The fraction of sp³-hybridized carbons (Fsp3) is 0.722. The van der Waals surface area contributed by atoms with E-state index in [0.29, 0.717) is 23.6 Å². The highest BCUT2D eigenvalue weighted by Crippen LogP contribution is 2.46. The summed E-state index contributed by atoms with van der Waals surface area (Å²) in [6.07, 6.45) is 6.03. The Hall–Kier alpha value is -1.49. The summed E-state index contributed by atoms with van der Waals surface area (Å²) >= 11 is 0. The molecule has 1 aromatic rings. The van der Waals surface area contributed by atoms with Gasteiger partial charge in [0.25, 0.3) is 0 Å². The number of nitrogens with one attached hydrogen (secondary N) is 2. The van der Waals surface area contributed by atoms with Crippen LogP contribution in [-0.4, -0.2) is 30.7 Å². The van der Waals surface area contributed by atoms with Crippen molar-refractivity contribution in [3.8, 4) is 0 Å². The van der Waals surface area contributed by atoms with E-state index in [-0.39, 0.29) is 0 Å². The second kappa shape index (κ2) is 8.39. The van der Waals surface area contributed by atoms with E-state index in [1.54, 1.807) is 18.4 Å². The van der Waals surface area contributed by atoms with E-state index < -0.39 is 6.10 Å². The Morgan fingerprint density at radius 3 is 2.70 bits per heavy atom. The number of furan rings is 1. The lowest BCUT2D eigenvalue weighted by Crippen LogP contribution is -2.41. The van der Waals surface area contributed by atoms with Gasteiger partial charge in [0.1, 0.15) is 11.9 Å². The lowest BCUT2D eigenvalue weighted by atomic mass is 9.64. The summed E-state index contributed by atoms with van der Waals surface area (Å²) in [6, 6.07) is 3.56. The fourth-order valence-corrected chi connectivity index (χ4v) is 3.33. The molecule has 5 nitrogen and oxygen atoms in total. The molecule has 1 saturated carbocycles. The predicted octanol–water partition coefficient (Wildman–Crippen LogP) is 3.08. The van der Waals surface area contributed by atoms with Gasteiger partial charge >= 0.3 is 0 Å². The maximum atomic E-state index is 10.1. The number of rotatable bonds is 8. The van der Waals surface area contributed by atoms with Crippen LogP contribution in [0.2, 0.25) is 0 Å². The van der Waals surface area contributed by atoms with Crippen molar-refractivity contribution >= 4 is 5.96 Å². The number of aliphatic hydroxyl groups is 1. The standard InChI is InChI=1S/C18H31N3O2/c1-4-19-17(20-12-15(22)16-7-5-10-23-16)21-13-18(8-6-9-18)11-14(2)3/h5,7,10,14-15,22H,4,6,8-9,11-13H2,1-3H3,(H2,19,20,21). The molecule has 1 unspecified atom stereocenters. The molecule has 1 atom stereocenters. The summed E-state index contributed by atoms with van der Waals surface area (Å²) in [7, 11) is 0. The van der Waals surface area contributed by atoms with Crippen molar-refractivity contribution in [2.24, 2.45) is 16.3 Å². The van der Waals surface area contributed by atoms with Crippen LogP contribution in [0.1, 0.15) is 58.3 Å². The molecule has 23 heavy (non-hydrogen) atoms. The van der Waals surface area contributed by atoms with Crippen LogP contribution in [0, 0.1) is 11.3 Å². The van der Waals surface area contributed by atoms with Crippen LogP contribution in [-0.2, 0) is 0 Å². The SMILES string of the molecule is CCNC(=NCC1(CC(C)C)CCC1)NCC(O)c1ccco1. The Morgan fingerprint density at radius 2 is 2.17 bits per heavy atom. The molecule has 1 aliphatic carbocycles. The van der Waals surface area contributed by atoms with Crippen molar-refractivity contribution in [3.05, 3.63) is 24.2 Å². The van der Waals surface area contributed by atoms with Crippen LogP contribution in [0.25, 0.3) is 0 Å². The van der Waals surface area contributed by atoms with Gasteiger partial charge < -0.3 is 20.2 Å². The minimum Gasteiger partial charge on any atom is -0.467 e. The van der Waals surface area contributed by atoms with Gasteiger partial charge in [-0.2, -0.15) is 0 Å². The topological polar surface area (TPSA) is 69.8 Å². The summed E-state index contributed by atoms with van der Waals surface area (Å²) in [5.41, 5.74) is 0.385.